The van der Waals surface area contributed by atoms with Gasteiger partial charge in [0.05, 0.1) is 6.10 Å². The van der Waals surface area contributed by atoms with Gasteiger partial charge in [0.1, 0.15) is 0 Å². The van der Waals surface area contributed by atoms with Gasteiger partial charge in [-0.3, -0.25) is 0 Å². The number of fused-ring (bicyclic) bond motifs is 2. The summed E-state index contributed by atoms with van der Waals surface area (Å²) < 4.78 is 0. The van der Waals surface area contributed by atoms with E-state index in [9.17, 15) is 5.11 Å². The molecular weight excluding hydrogens is 256 g/mol. The Morgan fingerprint density at radius 3 is 2.29 bits per heavy atom. The van der Waals surface area contributed by atoms with Crippen LogP contribution in [-0.2, 0) is 0 Å². The van der Waals surface area contributed by atoms with Crippen LogP contribution in [0.2, 0.25) is 0 Å². The lowest BCUT2D eigenvalue weighted by Crippen LogP contribution is -2.60. The Morgan fingerprint density at radius 1 is 0.905 bits per heavy atom. The van der Waals surface area contributed by atoms with Crippen LogP contribution in [0.25, 0.3) is 0 Å². The minimum absolute atomic E-state index is 0.0498. The molecule has 1 N–H and O–H groups in total. The van der Waals surface area contributed by atoms with Crippen molar-refractivity contribution in [2.75, 3.05) is 0 Å². The summed E-state index contributed by atoms with van der Waals surface area (Å²) in [4.78, 5) is 0. The maximum Gasteiger partial charge on any atom is 0.0599 e. The van der Waals surface area contributed by atoms with Gasteiger partial charge in [-0.25, -0.2) is 0 Å². The monoisotopic (exact) mass is 290 g/mol. The van der Waals surface area contributed by atoms with Gasteiger partial charge in [-0.15, -0.1) is 0 Å². The number of rotatable bonds is 0. The predicted octanol–water partition coefficient (Wildman–Crippen LogP) is 5.17. The van der Waals surface area contributed by atoms with Gasteiger partial charge in [-0.2, -0.15) is 0 Å². The van der Waals surface area contributed by atoms with Gasteiger partial charge in [0, 0.05) is 0 Å². The number of aliphatic hydroxyl groups excluding tert-OH is 1. The summed E-state index contributed by atoms with van der Waals surface area (Å²) in [6, 6.07) is 0. The van der Waals surface area contributed by atoms with Crippen LogP contribution in [0.4, 0.5) is 0 Å². The van der Waals surface area contributed by atoms with Crippen molar-refractivity contribution in [3.63, 3.8) is 0 Å². The third kappa shape index (κ3) is 1.44. The van der Waals surface area contributed by atoms with E-state index in [0.29, 0.717) is 21.7 Å². The Labute approximate surface area is 130 Å². The third-order valence-electron chi connectivity index (χ3n) is 9.31. The summed E-state index contributed by atoms with van der Waals surface area (Å²) in [5.41, 5.74) is 2.05. The van der Waals surface area contributed by atoms with Gasteiger partial charge in [0.15, 0.2) is 0 Å². The first-order valence-corrected chi connectivity index (χ1v) is 9.27. The second-order valence-electron chi connectivity index (χ2n) is 10.7. The highest BCUT2D eigenvalue weighted by molar-refractivity contribution is 5.25. The van der Waals surface area contributed by atoms with Gasteiger partial charge in [-0.05, 0) is 77.9 Å². The van der Waals surface area contributed by atoms with Crippen LogP contribution in [0.1, 0.15) is 86.0 Å². The van der Waals surface area contributed by atoms with Crippen LogP contribution in [-0.4, -0.2) is 11.2 Å². The summed E-state index contributed by atoms with van der Waals surface area (Å²) in [7, 11) is 0. The van der Waals surface area contributed by atoms with Crippen molar-refractivity contribution in [2.24, 2.45) is 33.0 Å². The quantitative estimate of drug-likeness (QED) is 0.652. The lowest BCUT2D eigenvalue weighted by Gasteiger charge is -2.67. The minimum atomic E-state index is -0.0498. The highest BCUT2D eigenvalue weighted by Crippen LogP contribution is 2.82. The molecule has 4 rings (SSSR count). The Bertz CT molecular complexity index is 482. The molecule has 0 aromatic carbocycles. The molecule has 4 saturated carbocycles. The second kappa shape index (κ2) is 3.71. The number of hydrogen-bond acceptors (Lipinski definition) is 1. The van der Waals surface area contributed by atoms with Crippen molar-refractivity contribution in [3.8, 4) is 0 Å². The van der Waals surface area contributed by atoms with Crippen molar-refractivity contribution in [3.05, 3.63) is 0 Å². The molecule has 4 aliphatic carbocycles. The molecule has 2 bridgehead atoms. The predicted molar refractivity (Wildman–Crippen MR) is 87.0 cm³/mol. The molecule has 0 saturated heterocycles. The van der Waals surface area contributed by atoms with Crippen molar-refractivity contribution < 1.29 is 5.11 Å². The van der Waals surface area contributed by atoms with Crippen molar-refractivity contribution in [1.29, 1.82) is 0 Å². The second-order valence-corrected chi connectivity index (χ2v) is 10.7. The zero-order chi connectivity index (χ0) is 15.3. The standard InChI is InChI=1S/C20H34O/c1-16(2)8-6-9-19(5)14(16)7-10-18(4)12-17(3)13-20(18,19)11-15(17)21/h14-15,21H,6-13H2,1-5H3/t14?,15-,17+,18-,19-,20+/m0/s1. The molecule has 1 unspecified atom stereocenters. The molecule has 120 valence electrons. The Hall–Kier alpha value is -0.0400. The first-order chi connectivity index (χ1) is 9.59. The van der Waals surface area contributed by atoms with Crippen molar-refractivity contribution >= 4 is 0 Å². The third-order valence-corrected chi connectivity index (χ3v) is 9.31. The van der Waals surface area contributed by atoms with Crippen LogP contribution in [0.15, 0.2) is 0 Å². The topological polar surface area (TPSA) is 20.2 Å². The molecule has 0 aromatic heterocycles. The minimum Gasteiger partial charge on any atom is -0.393 e. The molecule has 4 fully saturated rings. The van der Waals surface area contributed by atoms with Crippen molar-refractivity contribution in [2.45, 2.75) is 92.1 Å². The van der Waals surface area contributed by atoms with Crippen LogP contribution in [0.5, 0.6) is 0 Å². The van der Waals surface area contributed by atoms with E-state index in [2.05, 4.69) is 34.6 Å². The SMILES string of the molecule is CC1(C)CCC[C@@]2(C)C1CC[C@@]1(C)C[C@]3(C)C[C@]12C[C@@H]3O. The molecule has 4 aliphatic rings. The maximum atomic E-state index is 10.8. The lowest BCUT2D eigenvalue weighted by molar-refractivity contribution is -0.194. The van der Waals surface area contributed by atoms with E-state index in [4.69, 9.17) is 0 Å². The lowest BCUT2D eigenvalue weighted by atomic mass is 9.37. The smallest absolute Gasteiger partial charge is 0.0599 e. The van der Waals surface area contributed by atoms with Gasteiger partial charge in [-0.1, -0.05) is 41.0 Å². The number of aliphatic hydroxyl groups is 1. The largest absolute Gasteiger partial charge is 0.393 e. The molecule has 21 heavy (non-hydrogen) atoms. The first-order valence-electron chi connectivity index (χ1n) is 9.27. The molecule has 1 heteroatoms. The summed E-state index contributed by atoms with van der Waals surface area (Å²) >= 11 is 0. The van der Waals surface area contributed by atoms with E-state index < -0.39 is 0 Å². The van der Waals surface area contributed by atoms with Gasteiger partial charge < -0.3 is 5.11 Å². The van der Waals surface area contributed by atoms with Crippen LogP contribution >= 0.6 is 0 Å². The highest BCUT2D eigenvalue weighted by Gasteiger charge is 2.76. The molecule has 1 spiro atoms. The molecule has 0 amide bonds. The zero-order valence-electron chi connectivity index (χ0n) is 14.8. The van der Waals surface area contributed by atoms with Crippen LogP contribution in [0.3, 0.4) is 0 Å². The molecular formula is C20H34O. The van der Waals surface area contributed by atoms with Crippen LogP contribution in [0, 0.1) is 33.0 Å². The maximum absolute atomic E-state index is 10.8. The van der Waals surface area contributed by atoms with Crippen molar-refractivity contribution in [1.82, 2.24) is 0 Å². The first kappa shape index (κ1) is 14.5. The van der Waals surface area contributed by atoms with E-state index in [1.807, 2.05) is 0 Å². The van der Waals surface area contributed by atoms with Gasteiger partial charge in [0.25, 0.3) is 0 Å². The van der Waals surface area contributed by atoms with Gasteiger partial charge in [0.2, 0.25) is 0 Å². The molecule has 6 atom stereocenters. The zero-order valence-corrected chi connectivity index (χ0v) is 14.8. The molecule has 1 nitrogen and oxygen atoms in total. The van der Waals surface area contributed by atoms with Gasteiger partial charge >= 0.3 is 0 Å². The molecule has 0 aromatic rings. The Balaban J connectivity index is 1.86. The van der Waals surface area contributed by atoms with E-state index in [-0.39, 0.29) is 11.5 Å². The average Bonchev–Trinajstić information content (AvgIpc) is 2.73. The fourth-order valence-electron chi connectivity index (χ4n) is 8.48. The van der Waals surface area contributed by atoms with E-state index >= 15 is 0 Å². The molecule has 0 heterocycles. The van der Waals surface area contributed by atoms with E-state index in [0.717, 1.165) is 12.3 Å². The Kier molecular flexibility index (Phi) is 2.57. The Morgan fingerprint density at radius 2 is 1.62 bits per heavy atom. The molecule has 0 radical (unpaired) electrons. The van der Waals surface area contributed by atoms with E-state index in [1.54, 1.807) is 0 Å². The fourth-order valence-corrected chi connectivity index (χ4v) is 8.48. The number of hydrogen-bond donors (Lipinski definition) is 1. The molecule has 0 aliphatic heterocycles. The highest BCUT2D eigenvalue weighted by atomic mass is 16.3. The summed E-state index contributed by atoms with van der Waals surface area (Å²) in [5, 5.41) is 10.8. The van der Waals surface area contributed by atoms with E-state index in [1.165, 1.54) is 44.9 Å². The summed E-state index contributed by atoms with van der Waals surface area (Å²) in [6.45, 7) is 12.6. The average molecular weight is 290 g/mol. The normalized spacial score (nSPS) is 61.4. The van der Waals surface area contributed by atoms with Crippen LogP contribution < -0.4 is 0 Å². The summed E-state index contributed by atoms with van der Waals surface area (Å²) in [6.07, 6.45) is 10.6. The summed E-state index contributed by atoms with van der Waals surface area (Å²) in [5.74, 6) is 0.861. The fraction of sp³-hybridized carbons (Fsp3) is 1.00.